The second-order valence-electron chi connectivity index (χ2n) is 4.33. The molecule has 2 atom stereocenters. The van der Waals surface area contributed by atoms with Gasteiger partial charge >= 0.3 is 0 Å². The van der Waals surface area contributed by atoms with Crippen LogP contribution in [0.1, 0.15) is 26.2 Å². The van der Waals surface area contributed by atoms with Crippen LogP contribution in [0.25, 0.3) is 0 Å². The summed E-state index contributed by atoms with van der Waals surface area (Å²) < 4.78 is 5.84. The maximum absolute atomic E-state index is 5.84. The summed E-state index contributed by atoms with van der Waals surface area (Å²) >= 11 is 2.04. The lowest BCUT2D eigenvalue weighted by molar-refractivity contribution is 0.0437. The van der Waals surface area contributed by atoms with E-state index in [4.69, 9.17) is 4.74 Å². The Morgan fingerprint density at radius 2 is 2.36 bits per heavy atom. The average Bonchev–Trinajstić information content (AvgIpc) is 3.03. The van der Waals surface area contributed by atoms with Gasteiger partial charge < -0.3 is 10.1 Å². The van der Waals surface area contributed by atoms with Gasteiger partial charge in [0.1, 0.15) is 0 Å². The van der Waals surface area contributed by atoms with Crippen LogP contribution in [0.15, 0.2) is 0 Å². The molecule has 0 aromatic rings. The Morgan fingerprint density at radius 1 is 1.50 bits per heavy atom. The molecular formula is C11H21NOS. The van der Waals surface area contributed by atoms with Gasteiger partial charge in [0, 0.05) is 17.5 Å². The van der Waals surface area contributed by atoms with E-state index in [1.165, 1.54) is 30.8 Å². The van der Waals surface area contributed by atoms with Gasteiger partial charge in [0.05, 0.1) is 12.7 Å². The van der Waals surface area contributed by atoms with Crippen LogP contribution in [0, 0.1) is 5.92 Å². The second kappa shape index (κ2) is 5.38. The summed E-state index contributed by atoms with van der Waals surface area (Å²) in [7, 11) is 0. The molecule has 0 radical (unpaired) electrons. The smallest absolute Gasteiger partial charge is 0.0818 e. The first kappa shape index (κ1) is 10.8. The van der Waals surface area contributed by atoms with Gasteiger partial charge in [0.25, 0.3) is 0 Å². The van der Waals surface area contributed by atoms with Crippen molar-refractivity contribution >= 4 is 11.8 Å². The van der Waals surface area contributed by atoms with Gasteiger partial charge in [0.15, 0.2) is 0 Å². The van der Waals surface area contributed by atoms with Gasteiger partial charge in [-0.1, -0.05) is 19.8 Å². The molecule has 0 aromatic heterocycles. The van der Waals surface area contributed by atoms with Crippen molar-refractivity contribution in [3.05, 3.63) is 0 Å². The zero-order valence-electron chi connectivity index (χ0n) is 9.00. The normalized spacial score (nSPS) is 30.2. The van der Waals surface area contributed by atoms with Crippen LogP contribution in [0.2, 0.25) is 0 Å². The lowest BCUT2D eigenvalue weighted by Crippen LogP contribution is -2.45. The number of ether oxygens (including phenoxy) is 1. The highest BCUT2D eigenvalue weighted by atomic mass is 32.2. The molecule has 1 aliphatic heterocycles. The zero-order valence-corrected chi connectivity index (χ0v) is 9.81. The number of hydrogen-bond acceptors (Lipinski definition) is 3. The van der Waals surface area contributed by atoms with Crippen molar-refractivity contribution in [3.63, 3.8) is 0 Å². The number of nitrogens with one attached hydrogen (secondary N) is 1. The van der Waals surface area contributed by atoms with Crippen molar-refractivity contribution in [1.82, 2.24) is 5.32 Å². The fourth-order valence-corrected chi connectivity index (χ4v) is 3.02. The third-order valence-corrected chi connectivity index (χ3v) is 4.06. The summed E-state index contributed by atoms with van der Waals surface area (Å²) in [5.41, 5.74) is 0. The number of hydrogen-bond donors (Lipinski definition) is 1. The van der Waals surface area contributed by atoms with E-state index in [0.717, 1.165) is 19.1 Å². The van der Waals surface area contributed by atoms with Crippen molar-refractivity contribution in [2.75, 3.05) is 24.7 Å². The van der Waals surface area contributed by atoms with E-state index in [-0.39, 0.29) is 0 Å². The highest BCUT2D eigenvalue weighted by Crippen LogP contribution is 2.35. The van der Waals surface area contributed by atoms with Gasteiger partial charge in [-0.3, -0.25) is 0 Å². The Hall–Kier alpha value is 0.270. The maximum Gasteiger partial charge on any atom is 0.0818 e. The number of likely N-dealkylation sites (N-methyl/N-ethyl adjacent to an activating group) is 1. The topological polar surface area (TPSA) is 21.3 Å². The molecule has 14 heavy (non-hydrogen) atoms. The van der Waals surface area contributed by atoms with Gasteiger partial charge in [-0.05, 0) is 18.9 Å². The molecule has 1 saturated carbocycles. The summed E-state index contributed by atoms with van der Waals surface area (Å²) in [5, 5.41) is 3.59. The van der Waals surface area contributed by atoms with E-state index >= 15 is 0 Å². The minimum absolute atomic E-state index is 0.467. The molecule has 1 heterocycles. The maximum atomic E-state index is 5.84. The molecule has 0 bridgehead atoms. The summed E-state index contributed by atoms with van der Waals surface area (Å²) in [5.74, 6) is 3.36. The summed E-state index contributed by atoms with van der Waals surface area (Å²) in [6.45, 7) is 4.21. The lowest BCUT2D eigenvalue weighted by Gasteiger charge is -2.30. The molecule has 0 spiro atoms. The lowest BCUT2D eigenvalue weighted by atomic mass is 10.1. The van der Waals surface area contributed by atoms with Crippen molar-refractivity contribution < 1.29 is 4.74 Å². The molecule has 1 saturated heterocycles. The van der Waals surface area contributed by atoms with E-state index in [1.807, 2.05) is 11.8 Å². The molecule has 0 aromatic carbocycles. The highest BCUT2D eigenvalue weighted by Gasteiger charge is 2.31. The standard InChI is InChI=1S/C11H21NOS/c1-2-12-10(7-9-3-4-9)11-8-14-6-5-13-11/h9-12H,2-8H2,1H3. The van der Waals surface area contributed by atoms with Gasteiger partial charge in [-0.2, -0.15) is 11.8 Å². The molecule has 1 aliphatic carbocycles. The van der Waals surface area contributed by atoms with Gasteiger partial charge in [0.2, 0.25) is 0 Å². The SMILES string of the molecule is CCNC(CC1CC1)C1CSCCO1. The van der Waals surface area contributed by atoms with Crippen molar-refractivity contribution in [1.29, 1.82) is 0 Å². The summed E-state index contributed by atoms with van der Waals surface area (Å²) in [6.07, 6.45) is 4.69. The first-order valence-electron chi connectivity index (χ1n) is 5.83. The second-order valence-corrected chi connectivity index (χ2v) is 5.48. The third-order valence-electron chi connectivity index (χ3n) is 3.04. The van der Waals surface area contributed by atoms with Crippen LogP contribution in [0.4, 0.5) is 0 Å². The third kappa shape index (κ3) is 3.14. The molecule has 3 heteroatoms. The minimum atomic E-state index is 0.467. The Kier molecular flexibility index (Phi) is 4.14. The molecule has 1 N–H and O–H groups in total. The zero-order chi connectivity index (χ0) is 9.80. The Labute approximate surface area is 91.2 Å². The summed E-state index contributed by atoms with van der Waals surface area (Å²) in [6, 6.07) is 0.611. The quantitative estimate of drug-likeness (QED) is 0.757. The van der Waals surface area contributed by atoms with Crippen molar-refractivity contribution in [2.45, 2.75) is 38.3 Å². The highest BCUT2D eigenvalue weighted by molar-refractivity contribution is 7.99. The molecule has 2 rings (SSSR count). The number of rotatable bonds is 5. The monoisotopic (exact) mass is 215 g/mol. The van der Waals surface area contributed by atoms with Crippen molar-refractivity contribution in [3.8, 4) is 0 Å². The largest absolute Gasteiger partial charge is 0.375 e. The Morgan fingerprint density at radius 3 is 2.93 bits per heavy atom. The van der Waals surface area contributed by atoms with E-state index in [1.54, 1.807) is 0 Å². The van der Waals surface area contributed by atoms with Crippen LogP contribution in [0.3, 0.4) is 0 Å². The van der Waals surface area contributed by atoms with Crippen LogP contribution in [-0.4, -0.2) is 36.8 Å². The van der Waals surface area contributed by atoms with Crippen LogP contribution < -0.4 is 5.32 Å². The summed E-state index contributed by atoms with van der Waals surface area (Å²) in [4.78, 5) is 0. The molecule has 2 nitrogen and oxygen atoms in total. The number of thioether (sulfide) groups is 1. The van der Waals surface area contributed by atoms with E-state index in [0.29, 0.717) is 12.1 Å². The van der Waals surface area contributed by atoms with E-state index < -0.39 is 0 Å². The van der Waals surface area contributed by atoms with E-state index in [9.17, 15) is 0 Å². The van der Waals surface area contributed by atoms with Crippen molar-refractivity contribution in [2.24, 2.45) is 5.92 Å². The predicted molar refractivity (Wildman–Crippen MR) is 61.9 cm³/mol. The average molecular weight is 215 g/mol. The fourth-order valence-electron chi connectivity index (χ4n) is 2.08. The van der Waals surface area contributed by atoms with Crippen LogP contribution in [0.5, 0.6) is 0 Å². The molecular weight excluding hydrogens is 194 g/mol. The van der Waals surface area contributed by atoms with E-state index in [2.05, 4.69) is 12.2 Å². The molecule has 82 valence electrons. The van der Waals surface area contributed by atoms with Gasteiger partial charge in [-0.25, -0.2) is 0 Å². The molecule has 2 unspecified atom stereocenters. The molecule has 2 aliphatic rings. The molecule has 0 amide bonds. The van der Waals surface area contributed by atoms with Crippen LogP contribution >= 0.6 is 11.8 Å². The molecule has 2 fully saturated rings. The first-order chi connectivity index (χ1) is 6.90. The Balaban J connectivity index is 1.79. The Bertz CT molecular complexity index is 167. The van der Waals surface area contributed by atoms with Crippen LogP contribution in [-0.2, 0) is 4.74 Å². The van der Waals surface area contributed by atoms with Gasteiger partial charge in [-0.15, -0.1) is 0 Å². The minimum Gasteiger partial charge on any atom is -0.375 e. The fraction of sp³-hybridized carbons (Fsp3) is 1.00. The first-order valence-corrected chi connectivity index (χ1v) is 6.98. The predicted octanol–water partition coefficient (Wildman–Crippen LogP) is 1.90.